The lowest BCUT2D eigenvalue weighted by Gasteiger charge is -2.27. The van der Waals surface area contributed by atoms with Crippen LogP contribution >= 0.6 is 0 Å². The summed E-state index contributed by atoms with van der Waals surface area (Å²) in [6, 6.07) is 10.1. The lowest BCUT2D eigenvalue weighted by atomic mass is 9.88. The maximum absolute atomic E-state index is 14.1. The van der Waals surface area contributed by atoms with Crippen molar-refractivity contribution >= 4 is 64.1 Å². The third-order valence-corrected chi connectivity index (χ3v) is 11.9. The van der Waals surface area contributed by atoms with Gasteiger partial charge in [0.2, 0.25) is 47.3 Å². The van der Waals surface area contributed by atoms with Crippen LogP contribution in [0.1, 0.15) is 81.5 Å². The highest BCUT2D eigenvalue weighted by atomic mass is 16.2. The van der Waals surface area contributed by atoms with Gasteiger partial charge in [0.05, 0.1) is 12.9 Å². The molecule has 2 fully saturated rings. The Morgan fingerprint density at radius 2 is 1.49 bits per heavy atom. The summed E-state index contributed by atoms with van der Waals surface area (Å²) in [5.41, 5.74) is 18.5. The lowest BCUT2D eigenvalue weighted by Crippen LogP contribution is -2.58. The van der Waals surface area contributed by atoms with Crippen molar-refractivity contribution in [1.82, 2.24) is 52.2 Å². The number of H-pyrrole nitrogens is 2. The van der Waals surface area contributed by atoms with Gasteiger partial charge in [-0.2, -0.15) is 0 Å². The van der Waals surface area contributed by atoms with E-state index in [0.29, 0.717) is 24.1 Å². The molecule has 15 N–H and O–H groups in total. The number of imidazole rings is 1. The van der Waals surface area contributed by atoms with E-state index in [0.717, 1.165) is 48.7 Å². The van der Waals surface area contributed by atoms with Crippen LogP contribution in [0.3, 0.4) is 0 Å². The maximum Gasteiger partial charge on any atom is 0.243 e. The zero-order valence-corrected chi connectivity index (χ0v) is 39.4. The number of carbonyl (C=O) groups is 8. The Balaban J connectivity index is 0.00000121. The van der Waals surface area contributed by atoms with E-state index in [9.17, 15) is 38.4 Å². The van der Waals surface area contributed by atoms with E-state index in [-0.39, 0.29) is 62.9 Å². The first kappa shape index (κ1) is 53.2. The number of nitrogens with two attached hydrogens (primary N) is 3. The van der Waals surface area contributed by atoms with Crippen molar-refractivity contribution in [3.63, 3.8) is 0 Å². The third kappa shape index (κ3) is 17.1. The van der Waals surface area contributed by atoms with Gasteiger partial charge in [-0.25, -0.2) is 4.98 Å². The van der Waals surface area contributed by atoms with Crippen molar-refractivity contribution in [3.8, 4) is 0 Å². The summed E-state index contributed by atoms with van der Waals surface area (Å²) in [5.74, 6) is -5.50. The Hall–Kier alpha value is -7.78. The number of aromatic nitrogens is 3. The number of hydrogen-bond donors (Lipinski definition) is 12. The summed E-state index contributed by atoms with van der Waals surface area (Å²) in [7, 11) is 0. The highest BCUT2D eigenvalue weighted by Crippen LogP contribution is 2.24. The normalized spacial score (nSPS) is 20.4. The molecule has 3 heterocycles. The molecule has 376 valence electrons. The van der Waals surface area contributed by atoms with Crippen LogP contribution in [0.2, 0.25) is 0 Å². The number of hydrogen-bond acceptors (Lipinski definition) is 10. The Morgan fingerprint density at radius 3 is 2.17 bits per heavy atom. The number of guanidine groups is 1. The van der Waals surface area contributed by atoms with Crippen LogP contribution < -0.4 is 54.4 Å². The molecule has 5 atom stereocenters. The Kier molecular flexibility index (Phi) is 20.7. The van der Waals surface area contributed by atoms with Gasteiger partial charge in [-0.1, -0.05) is 74.7 Å². The number of amides is 8. The molecule has 1 aliphatic heterocycles. The molecule has 22 heteroatoms. The average molecular weight is 967 g/mol. The molecule has 4 aromatic rings. The summed E-state index contributed by atoms with van der Waals surface area (Å²) >= 11 is 0. The average Bonchev–Trinajstić information content (AvgIpc) is 4.03. The van der Waals surface area contributed by atoms with Gasteiger partial charge in [0, 0.05) is 73.7 Å². The van der Waals surface area contributed by atoms with Gasteiger partial charge in [0.1, 0.15) is 30.2 Å². The van der Waals surface area contributed by atoms with E-state index in [1.54, 1.807) is 36.5 Å². The molecule has 3 unspecified atom stereocenters. The van der Waals surface area contributed by atoms with E-state index in [4.69, 9.17) is 17.2 Å². The predicted octanol–water partition coefficient (Wildman–Crippen LogP) is -0.505. The fraction of sp³-hybridized carbons (Fsp3) is 0.458. The van der Waals surface area contributed by atoms with Crippen LogP contribution in [0.4, 0.5) is 0 Å². The van der Waals surface area contributed by atoms with Crippen molar-refractivity contribution in [3.05, 3.63) is 90.1 Å². The van der Waals surface area contributed by atoms with Gasteiger partial charge in [-0.3, -0.25) is 43.3 Å². The van der Waals surface area contributed by atoms with E-state index in [2.05, 4.69) is 57.2 Å². The molecule has 1 saturated heterocycles. The van der Waals surface area contributed by atoms with Crippen molar-refractivity contribution in [1.29, 1.82) is 0 Å². The topological polar surface area (TPSA) is 356 Å². The second kappa shape index (κ2) is 27.3. The van der Waals surface area contributed by atoms with E-state index < -0.39 is 78.1 Å². The fourth-order valence-electron chi connectivity index (χ4n) is 8.13. The highest BCUT2D eigenvalue weighted by molar-refractivity contribution is 5.97. The largest absolute Gasteiger partial charge is 0.370 e. The van der Waals surface area contributed by atoms with Crippen molar-refractivity contribution in [2.24, 2.45) is 28.1 Å². The Labute approximate surface area is 405 Å². The smallest absolute Gasteiger partial charge is 0.243 e. The summed E-state index contributed by atoms with van der Waals surface area (Å²) < 4.78 is 0. The van der Waals surface area contributed by atoms with Gasteiger partial charge in [-0.15, -0.1) is 0 Å². The molecule has 6 rings (SSSR count). The molecule has 0 spiro atoms. The monoisotopic (exact) mass is 967 g/mol. The number of fused-ring (bicyclic) bond motifs is 1. The minimum atomic E-state index is -1.31. The molecule has 0 radical (unpaired) electrons. The lowest BCUT2D eigenvalue weighted by molar-refractivity contribution is -0.135. The number of nitrogens with one attached hydrogen (secondary N) is 9. The number of rotatable bonds is 13. The Morgan fingerprint density at radius 1 is 0.771 bits per heavy atom. The second-order valence-corrected chi connectivity index (χ2v) is 17.3. The summed E-state index contributed by atoms with van der Waals surface area (Å²) in [4.78, 5) is 122. The summed E-state index contributed by atoms with van der Waals surface area (Å²) in [6.07, 6.45) is 9.16. The van der Waals surface area contributed by atoms with Crippen LogP contribution in [-0.4, -0.2) is 118 Å². The zero-order chi connectivity index (χ0) is 50.4. The quantitative estimate of drug-likeness (QED) is 0.0598. The maximum atomic E-state index is 14.1. The van der Waals surface area contributed by atoms with Crippen LogP contribution in [-0.2, 0) is 57.6 Å². The van der Waals surface area contributed by atoms with Gasteiger partial charge < -0.3 is 64.4 Å². The van der Waals surface area contributed by atoms with Crippen LogP contribution in [0.5, 0.6) is 0 Å². The number of primary amides is 1. The summed E-state index contributed by atoms with van der Waals surface area (Å²) in [5, 5.41) is 19.6. The Bertz CT molecular complexity index is 2410. The molecule has 0 bridgehead atoms. The van der Waals surface area contributed by atoms with Gasteiger partial charge in [0.15, 0.2) is 5.96 Å². The molecular formula is C48H66N14O8. The van der Waals surface area contributed by atoms with Gasteiger partial charge in [0.25, 0.3) is 0 Å². The first-order valence-corrected chi connectivity index (χ1v) is 23.7. The molecule has 2 aromatic heterocycles. The molecule has 2 aromatic carbocycles. The number of benzene rings is 2. The number of aromatic amines is 2. The van der Waals surface area contributed by atoms with E-state index >= 15 is 0 Å². The van der Waals surface area contributed by atoms with Crippen molar-refractivity contribution in [2.75, 3.05) is 19.6 Å². The molecule has 22 nitrogen and oxygen atoms in total. The standard InChI is InChI=1S/C44H55N11O8.C4H11N3/c45-39(58)34(20-28-22-48-31-14-8-7-13-30(28)31)53-43(62)33-17-18-47-37(56)16-15-32(52-40(59)27-11-5-2-6-12-27)42(61)55-36(21-29-23-46-25-50-29)44(63)54-35(19-26-9-3-1-4-10-26)41(60)49-24-38(57)51-33;1-2-3-7-4(5)6/h1,3-4,7-10,13-14,22-23,25,27,32-36,48H,2,5-6,11-12,15-21,24H2,(H2,45,58)(H,46,50)(H,47,56)(H,49,60)(H,51,57)(H,52,59)(H,53,62)(H,54,63)(H,55,61);2-3H2,1H3,(H4,5,6,7)/t32?,33?,34-,35?,36-;/m0./s1. The first-order chi connectivity index (χ1) is 33.7. The number of para-hydroxylation sites is 1. The number of aliphatic imine (C=N–C) groups is 1. The van der Waals surface area contributed by atoms with Gasteiger partial charge in [-0.05, 0) is 49.3 Å². The summed E-state index contributed by atoms with van der Waals surface area (Å²) in [6.45, 7) is 2.03. The molecule has 70 heavy (non-hydrogen) atoms. The minimum Gasteiger partial charge on any atom is -0.370 e. The zero-order valence-electron chi connectivity index (χ0n) is 39.4. The molecule has 1 aliphatic carbocycles. The van der Waals surface area contributed by atoms with Crippen molar-refractivity contribution < 1.29 is 38.4 Å². The van der Waals surface area contributed by atoms with E-state index in [1.807, 2.05) is 31.2 Å². The third-order valence-electron chi connectivity index (χ3n) is 11.9. The minimum absolute atomic E-state index is 0.00851. The van der Waals surface area contributed by atoms with Crippen molar-refractivity contribution in [2.45, 2.75) is 114 Å². The number of carbonyl (C=O) groups excluding carboxylic acids is 8. The second-order valence-electron chi connectivity index (χ2n) is 17.3. The molecule has 1 saturated carbocycles. The first-order valence-electron chi connectivity index (χ1n) is 23.7. The fourth-order valence-corrected chi connectivity index (χ4v) is 8.13. The van der Waals surface area contributed by atoms with Gasteiger partial charge >= 0.3 is 0 Å². The van der Waals surface area contributed by atoms with Crippen LogP contribution in [0.25, 0.3) is 10.9 Å². The van der Waals surface area contributed by atoms with Crippen LogP contribution in [0, 0.1) is 5.92 Å². The predicted molar refractivity (Wildman–Crippen MR) is 261 cm³/mol. The molecule has 8 amide bonds. The van der Waals surface area contributed by atoms with E-state index in [1.165, 1.54) is 12.5 Å². The molecular weight excluding hydrogens is 901 g/mol. The highest BCUT2D eigenvalue weighted by Gasteiger charge is 2.33. The van der Waals surface area contributed by atoms with Crippen LogP contribution in [0.15, 0.2) is 78.3 Å². The number of nitrogens with zero attached hydrogens (tertiary/aromatic N) is 2. The molecule has 2 aliphatic rings. The SMILES string of the molecule is CCCN=C(N)N.NC(=O)[C@H](Cc1c[nH]c2ccccc12)NC(=O)C1CCNC(=O)CCC(NC(=O)C2CCCCC2)C(=O)N[C@@H](Cc2cnc[nH]2)C(=O)NC(Cc2ccccc2)C(=O)NCC(=O)N1.